The van der Waals surface area contributed by atoms with Crippen molar-refractivity contribution < 1.29 is 4.79 Å². The molecule has 1 saturated heterocycles. The van der Waals surface area contributed by atoms with Gasteiger partial charge in [0.2, 0.25) is 11.0 Å². The summed E-state index contributed by atoms with van der Waals surface area (Å²) in [6.07, 6.45) is 1.82. The normalized spacial score (nSPS) is 21.5. The number of nitrogens with two attached hydrogens (primary N) is 1. The average molecular weight is 212 g/mol. The van der Waals surface area contributed by atoms with E-state index in [1.54, 1.807) is 0 Å². The van der Waals surface area contributed by atoms with Crippen LogP contribution >= 0.6 is 11.5 Å². The van der Waals surface area contributed by atoms with Crippen molar-refractivity contribution in [2.45, 2.75) is 25.8 Å². The molecule has 0 bridgehead atoms. The van der Waals surface area contributed by atoms with Crippen molar-refractivity contribution in [2.75, 3.05) is 11.4 Å². The maximum absolute atomic E-state index is 11.1. The molecule has 0 aromatic carbocycles. The van der Waals surface area contributed by atoms with Gasteiger partial charge in [-0.25, -0.2) is 4.98 Å². The van der Waals surface area contributed by atoms with Gasteiger partial charge in [-0.2, -0.15) is 4.37 Å². The standard InChI is InChI=1S/C8H12N4OS/c1-5-10-8(14-11-5)12-4-2-3-6(12)7(9)13/h6H,2-4H2,1H3,(H2,9,13). The summed E-state index contributed by atoms with van der Waals surface area (Å²) in [6, 6.07) is -0.192. The van der Waals surface area contributed by atoms with Crippen molar-refractivity contribution in [3.63, 3.8) is 0 Å². The first kappa shape index (κ1) is 9.39. The molecule has 0 aliphatic carbocycles. The highest BCUT2D eigenvalue weighted by atomic mass is 32.1. The van der Waals surface area contributed by atoms with Crippen LogP contribution in [0.2, 0.25) is 0 Å². The lowest BCUT2D eigenvalue weighted by atomic mass is 10.2. The van der Waals surface area contributed by atoms with Crippen LogP contribution in [0.25, 0.3) is 0 Å². The summed E-state index contributed by atoms with van der Waals surface area (Å²) in [5, 5.41) is 0.809. The van der Waals surface area contributed by atoms with Gasteiger partial charge >= 0.3 is 0 Å². The number of aromatic nitrogens is 2. The smallest absolute Gasteiger partial charge is 0.240 e. The Kier molecular flexibility index (Phi) is 2.37. The van der Waals surface area contributed by atoms with Gasteiger partial charge in [0.25, 0.3) is 0 Å². The van der Waals surface area contributed by atoms with E-state index < -0.39 is 0 Å². The summed E-state index contributed by atoms with van der Waals surface area (Å²) in [7, 11) is 0. The highest BCUT2D eigenvalue weighted by molar-refractivity contribution is 7.09. The number of carbonyl (C=O) groups excluding carboxylic acids is 1. The van der Waals surface area contributed by atoms with Crippen LogP contribution in [0.3, 0.4) is 0 Å². The predicted octanol–water partition coefficient (Wildman–Crippen LogP) is 0.301. The van der Waals surface area contributed by atoms with Crippen LogP contribution in [-0.4, -0.2) is 27.9 Å². The maximum Gasteiger partial charge on any atom is 0.240 e. The lowest BCUT2D eigenvalue weighted by Gasteiger charge is -2.20. The lowest BCUT2D eigenvalue weighted by Crippen LogP contribution is -2.40. The Morgan fingerprint density at radius 2 is 2.50 bits per heavy atom. The van der Waals surface area contributed by atoms with Crippen LogP contribution in [0.15, 0.2) is 0 Å². The highest BCUT2D eigenvalue weighted by Gasteiger charge is 2.30. The van der Waals surface area contributed by atoms with Crippen molar-refractivity contribution in [3.05, 3.63) is 5.82 Å². The van der Waals surface area contributed by atoms with Gasteiger partial charge < -0.3 is 10.6 Å². The van der Waals surface area contributed by atoms with Crippen molar-refractivity contribution in [2.24, 2.45) is 5.73 Å². The van der Waals surface area contributed by atoms with Gasteiger partial charge in [0, 0.05) is 18.1 Å². The number of anilines is 1. The second-order valence-electron chi connectivity index (χ2n) is 3.38. The number of carbonyl (C=O) groups is 1. The fourth-order valence-electron chi connectivity index (χ4n) is 1.69. The number of nitrogens with zero attached hydrogens (tertiary/aromatic N) is 3. The molecule has 0 saturated carbocycles. The minimum Gasteiger partial charge on any atom is -0.368 e. The van der Waals surface area contributed by atoms with Gasteiger partial charge in [-0.3, -0.25) is 4.79 Å². The van der Waals surface area contributed by atoms with E-state index in [1.807, 2.05) is 11.8 Å². The van der Waals surface area contributed by atoms with E-state index in [9.17, 15) is 4.79 Å². The van der Waals surface area contributed by atoms with Crippen molar-refractivity contribution in [3.8, 4) is 0 Å². The molecule has 2 N–H and O–H groups in total. The average Bonchev–Trinajstić information content (AvgIpc) is 2.70. The maximum atomic E-state index is 11.1. The molecule has 1 amide bonds. The van der Waals surface area contributed by atoms with Crippen LogP contribution < -0.4 is 10.6 Å². The summed E-state index contributed by atoms with van der Waals surface area (Å²) in [5.74, 6) is 0.482. The molecule has 1 aromatic heterocycles. The summed E-state index contributed by atoms with van der Waals surface area (Å²) in [4.78, 5) is 17.3. The van der Waals surface area contributed by atoms with Crippen LogP contribution in [0.1, 0.15) is 18.7 Å². The van der Waals surface area contributed by atoms with E-state index in [4.69, 9.17) is 5.73 Å². The first-order valence-corrected chi connectivity index (χ1v) is 5.32. The number of rotatable bonds is 2. The molecular formula is C8H12N4OS. The molecule has 1 fully saturated rings. The minimum absolute atomic E-state index is 0.192. The molecule has 14 heavy (non-hydrogen) atoms. The van der Waals surface area contributed by atoms with Crippen molar-refractivity contribution in [1.82, 2.24) is 9.36 Å². The third kappa shape index (κ3) is 1.57. The molecule has 1 aliphatic heterocycles. The molecule has 2 rings (SSSR count). The Hall–Kier alpha value is -1.17. The van der Waals surface area contributed by atoms with Crippen LogP contribution in [0.4, 0.5) is 5.13 Å². The largest absolute Gasteiger partial charge is 0.368 e. The number of aryl methyl sites for hydroxylation is 1. The molecule has 1 aliphatic rings. The zero-order chi connectivity index (χ0) is 10.1. The molecule has 1 atom stereocenters. The van der Waals surface area contributed by atoms with Crippen molar-refractivity contribution >= 4 is 22.6 Å². The van der Waals surface area contributed by atoms with Crippen LogP contribution in [0, 0.1) is 6.92 Å². The minimum atomic E-state index is -0.268. The molecule has 2 heterocycles. The summed E-state index contributed by atoms with van der Waals surface area (Å²) in [6.45, 7) is 2.69. The van der Waals surface area contributed by atoms with Crippen LogP contribution in [0.5, 0.6) is 0 Å². The molecule has 0 radical (unpaired) electrons. The molecule has 5 nitrogen and oxygen atoms in total. The molecule has 76 valence electrons. The Morgan fingerprint density at radius 1 is 1.71 bits per heavy atom. The second-order valence-corrected chi connectivity index (χ2v) is 4.11. The monoisotopic (exact) mass is 212 g/mol. The number of primary amides is 1. The summed E-state index contributed by atoms with van der Waals surface area (Å²) < 4.78 is 4.09. The predicted molar refractivity (Wildman–Crippen MR) is 54.2 cm³/mol. The fraction of sp³-hybridized carbons (Fsp3) is 0.625. The van der Waals surface area contributed by atoms with Gasteiger partial charge in [-0.05, 0) is 19.8 Å². The van der Waals surface area contributed by atoms with E-state index in [-0.39, 0.29) is 11.9 Å². The Morgan fingerprint density at radius 3 is 3.07 bits per heavy atom. The Bertz CT molecular complexity index is 351. The van der Waals surface area contributed by atoms with Gasteiger partial charge in [0.05, 0.1) is 0 Å². The fourth-order valence-corrected chi connectivity index (χ4v) is 2.45. The van der Waals surface area contributed by atoms with Gasteiger partial charge in [0.15, 0.2) is 0 Å². The third-order valence-electron chi connectivity index (χ3n) is 2.34. The number of hydrogen-bond acceptors (Lipinski definition) is 5. The van der Waals surface area contributed by atoms with Gasteiger partial charge in [0.1, 0.15) is 11.9 Å². The third-order valence-corrected chi connectivity index (χ3v) is 3.19. The molecule has 6 heteroatoms. The SMILES string of the molecule is Cc1nsc(N2CCCC2C(N)=O)n1. The topological polar surface area (TPSA) is 72.1 Å². The van der Waals surface area contributed by atoms with E-state index in [0.29, 0.717) is 0 Å². The molecule has 0 spiro atoms. The molecule has 1 aromatic rings. The second kappa shape index (κ2) is 3.53. The van der Waals surface area contributed by atoms with E-state index >= 15 is 0 Å². The van der Waals surface area contributed by atoms with E-state index in [0.717, 1.165) is 30.3 Å². The quantitative estimate of drug-likeness (QED) is 0.765. The first-order valence-electron chi connectivity index (χ1n) is 4.55. The summed E-state index contributed by atoms with van der Waals surface area (Å²) in [5.41, 5.74) is 5.31. The Balaban J connectivity index is 2.21. The molecule has 1 unspecified atom stereocenters. The summed E-state index contributed by atoms with van der Waals surface area (Å²) >= 11 is 1.32. The number of amides is 1. The molecular weight excluding hydrogens is 200 g/mol. The van der Waals surface area contributed by atoms with E-state index in [1.165, 1.54) is 11.5 Å². The highest BCUT2D eigenvalue weighted by Crippen LogP contribution is 2.26. The van der Waals surface area contributed by atoms with Crippen LogP contribution in [-0.2, 0) is 4.79 Å². The zero-order valence-corrected chi connectivity index (χ0v) is 8.75. The van der Waals surface area contributed by atoms with Gasteiger partial charge in [-0.1, -0.05) is 0 Å². The first-order chi connectivity index (χ1) is 6.68. The van der Waals surface area contributed by atoms with E-state index in [2.05, 4.69) is 9.36 Å². The van der Waals surface area contributed by atoms with Gasteiger partial charge in [-0.15, -0.1) is 0 Å². The van der Waals surface area contributed by atoms with Crippen molar-refractivity contribution in [1.29, 1.82) is 0 Å². The zero-order valence-electron chi connectivity index (χ0n) is 7.93. The lowest BCUT2D eigenvalue weighted by molar-refractivity contribution is -0.119. The number of hydrogen-bond donors (Lipinski definition) is 1. The Labute approximate surface area is 86.1 Å².